The molecule has 0 unspecified atom stereocenters. The topological polar surface area (TPSA) is 42.2 Å². The highest BCUT2D eigenvalue weighted by Gasteiger charge is 2.11. The minimum atomic E-state index is 0.636. The van der Waals surface area contributed by atoms with Crippen molar-refractivity contribution in [2.24, 2.45) is 0 Å². The molecule has 0 spiro atoms. The molecule has 0 N–H and O–H groups in total. The summed E-state index contributed by atoms with van der Waals surface area (Å²) in [5.74, 6) is 0.636. The summed E-state index contributed by atoms with van der Waals surface area (Å²) in [6, 6.07) is 7.75. The fraction of sp³-hybridized carbons (Fsp3) is 0.167. The summed E-state index contributed by atoms with van der Waals surface area (Å²) in [6.45, 7) is 0. The van der Waals surface area contributed by atoms with Crippen LogP contribution in [0.25, 0.3) is 21.9 Å². The predicted octanol–water partition coefficient (Wildman–Crippen LogP) is 3.02. The zero-order chi connectivity index (χ0) is 11.8. The third kappa shape index (κ3) is 1.78. The molecular weight excluding hydrogens is 234 g/mol. The largest absolute Gasteiger partial charge is 0.435 e. The van der Waals surface area contributed by atoms with Crippen LogP contribution in [0.3, 0.4) is 0 Å². The lowest BCUT2D eigenvalue weighted by atomic mass is 10.3. The molecule has 17 heavy (non-hydrogen) atoms. The molecule has 0 atom stereocenters. The van der Waals surface area contributed by atoms with Gasteiger partial charge >= 0.3 is 0 Å². The highest BCUT2D eigenvalue weighted by atomic mass is 32.1. The highest BCUT2D eigenvalue weighted by molar-refractivity contribution is 7.18. The number of oxazole rings is 1. The first kappa shape index (κ1) is 10.3. The van der Waals surface area contributed by atoms with Crippen LogP contribution in [0.4, 0.5) is 5.13 Å². The Balaban J connectivity index is 2.07. The van der Waals surface area contributed by atoms with E-state index in [0.717, 1.165) is 21.1 Å². The molecule has 1 aromatic carbocycles. The average molecular weight is 245 g/mol. The summed E-state index contributed by atoms with van der Waals surface area (Å²) in [5.41, 5.74) is 1.68. The molecule has 0 fully saturated rings. The Kier molecular flexibility index (Phi) is 2.33. The molecule has 5 heteroatoms. The number of nitrogens with zero attached hydrogens (tertiary/aromatic N) is 3. The molecule has 2 aromatic heterocycles. The van der Waals surface area contributed by atoms with E-state index in [-0.39, 0.29) is 0 Å². The van der Waals surface area contributed by atoms with Crippen molar-refractivity contribution in [3.63, 3.8) is 0 Å². The quantitative estimate of drug-likeness (QED) is 0.696. The number of thiazole rings is 1. The minimum absolute atomic E-state index is 0.636. The SMILES string of the molecule is CN(C)c1ncc(-c2nc3ccccc3o2)s1. The fourth-order valence-corrected chi connectivity index (χ4v) is 2.31. The van der Waals surface area contributed by atoms with E-state index in [1.54, 1.807) is 17.5 Å². The molecule has 2 heterocycles. The fourth-order valence-electron chi connectivity index (χ4n) is 1.55. The molecule has 0 amide bonds. The lowest BCUT2D eigenvalue weighted by Gasteiger charge is -2.04. The number of rotatable bonds is 2. The standard InChI is InChI=1S/C12H11N3OS/c1-15(2)12-13-7-10(17-12)11-14-8-5-3-4-6-9(8)16-11/h3-7H,1-2H3. The zero-order valence-corrected chi connectivity index (χ0v) is 10.4. The van der Waals surface area contributed by atoms with Crippen molar-refractivity contribution < 1.29 is 4.42 Å². The summed E-state index contributed by atoms with van der Waals surface area (Å²) in [4.78, 5) is 11.7. The van der Waals surface area contributed by atoms with E-state index in [1.807, 2.05) is 43.3 Å². The number of benzene rings is 1. The minimum Gasteiger partial charge on any atom is -0.435 e. The van der Waals surface area contributed by atoms with Gasteiger partial charge in [-0.25, -0.2) is 9.97 Å². The molecule has 3 aromatic rings. The van der Waals surface area contributed by atoms with E-state index in [9.17, 15) is 0 Å². The molecule has 3 rings (SSSR count). The van der Waals surface area contributed by atoms with Crippen molar-refractivity contribution in [3.8, 4) is 10.8 Å². The molecule has 0 saturated heterocycles. The molecule has 0 aliphatic heterocycles. The van der Waals surface area contributed by atoms with E-state index in [2.05, 4.69) is 9.97 Å². The van der Waals surface area contributed by atoms with Gasteiger partial charge in [0.2, 0.25) is 5.89 Å². The maximum absolute atomic E-state index is 5.69. The lowest BCUT2D eigenvalue weighted by molar-refractivity contribution is 0.621. The number of para-hydroxylation sites is 2. The van der Waals surface area contributed by atoms with Crippen LogP contribution in [0.5, 0.6) is 0 Å². The Morgan fingerprint density at radius 3 is 2.76 bits per heavy atom. The third-order valence-electron chi connectivity index (χ3n) is 2.38. The number of aromatic nitrogens is 2. The van der Waals surface area contributed by atoms with Crippen LogP contribution in [0, 0.1) is 0 Å². The lowest BCUT2D eigenvalue weighted by Crippen LogP contribution is -2.07. The van der Waals surface area contributed by atoms with Crippen molar-refractivity contribution >= 4 is 27.6 Å². The van der Waals surface area contributed by atoms with Gasteiger partial charge in [-0.3, -0.25) is 0 Å². The van der Waals surface area contributed by atoms with Gasteiger partial charge in [0, 0.05) is 14.1 Å². The van der Waals surface area contributed by atoms with E-state index >= 15 is 0 Å². The van der Waals surface area contributed by atoms with E-state index < -0.39 is 0 Å². The number of hydrogen-bond acceptors (Lipinski definition) is 5. The summed E-state index contributed by atoms with van der Waals surface area (Å²) in [7, 11) is 3.93. The first-order chi connectivity index (χ1) is 8.24. The highest BCUT2D eigenvalue weighted by Crippen LogP contribution is 2.31. The summed E-state index contributed by atoms with van der Waals surface area (Å²) >= 11 is 1.57. The van der Waals surface area contributed by atoms with Gasteiger partial charge in [0.25, 0.3) is 0 Å². The Labute approximate surface area is 103 Å². The Morgan fingerprint density at radius 1 is 1.24 bits per heavy atom. The predicted molar refractivity (Wildman–Crippen MR) is 69.4 cm³/mol. The van der Waals surface area contributed by atoms with Crippen molar-refractivity contribution in [1.82, 2.24) is 9.97 Å². The van der Waals surface area contributed by atoms with Gasteiger partial charge in [-0.2, -0.15) is 0 Å². The number of fused-ring (bicyclic) bond motifs is 1. The van der Waals surface area contributed by atoms with Crippen molar-refractivity contribution in [2.45, 2.75) is 0 Å². The second kappa shape index (κ2) is 3.85. The van der Waals surface area contributed by atoms with Gasteiger partial charge in [0.05, 0.1) is 6.20 Å². The van der Waals surface area contributed by atoms with Gasteiger partial charge in [-0.15, -0.1) is 0 Å². The second-order valence-corrected chi connectivity index (χ2v) is 4.90. The molecule has 86 valence electrons. The van der Waals surface area contributed by atoms with Crippen LogP contribution in [0.15, 0.2) is 34.9 Å². The van der Waals surface area contributed by atoms with Crippen LogP contribution >= 0.6 is 11.3 Å². The Bertz CT molecular complexity index is 623. The summed E-state index contributed by atoms with van der Waals surface area (Å²) < 4.78 is 5.69. The first-order valence-corrected chi connectivity index (χ1v) is 6.05. The van der Waals surface area contributed by atoms with Crippen molar-refractivity contribution in [2.75, 3.05) is 19.0 Å². The summed E-state index contributed by atoms with van der Waals surface area (Å²) in [5, 5.41) is 0.947. The molecule has 0 aliphatic carbocycles. The molecule has 0 radical (unpaired) electrons. The van der Waals surface area contributed by atoms with Gasteiger partial charge in [-0.1, -0.05) is 23.5 Å². The molecule has 0 aliphatic rings. The maximum atomic E-state index is 5.69. The van der Waals surface area contributed by atoms with Gasteiger partial charge < -0.3 is 9.32 Å². The van der Waals surface area contributed by atoms with Gasteiger partial charge in [-0.05, 0) is 12.1 Å². The van der Waals surface area contributed by atoms with Crippen LogP contribution in [-0.2, 0) is 0 Å². The number of hydrogen-bond donors (Lipinski definition) is 0. The first-order valence-electron chi connectivity index (χ1n) is 5.23. The molecule has 0 bridgehead atoms. The van der Waals surface area contributed by atoms with Crippen molar-refractivity contribution in [3.05, 3.63) is 30.5 Å². The molecule has 4 nitrogen and oxygen atoms in total. The normalized spacial score (nSPS) is 10.9. The van der Waals surface area contributed by atoms with Crippen LogP contribution in [-0.4, -0.2) is 24.1 Å². The van der Waals surface area contributed by atoms with Crippen LogP contribution in [0.2, 0.25) is 0 Å². The smallest absolute Gasteiger partial charge is 0.239 e. The molecule has 0 saturated carbocycles. The van der Waals surface area contributed by atoms with E-state index in [1.165, 1.54) is 0 Å². The maximum Gasteiger partial charge on any atom is 0.239 e. The van der Waals surface area contributed by atoms with E-state index in [0.29, 0.717) is 5.89 Å². The third-order valence-corrected chi connectivity index (χ3v) is 3.53. The van der Waals surface area contributed by atoms with Gasteiger partial charge in [0.1, 0.15) is 10.4 Å². The van der Waals surface area contributed by atoms with Crippen LogP contribution in [0.1, 0.15) is 0 Å². The van der Waals surface area contributed by atoms with Crippen LogP contribution < -0.4 is 4.90 Å². The Morgan fingerprint density at radius 2 is 2.06 bits per heavy atom. The van der Waals surface area contributed by atoms with Crippen molar-refractivity contribution in [1.29, 1.82) is 0 Å². The molecular formula is C12H11N3OS. The number of anilines is 1. The second-order valence-electron chi connectivity index (χ2n) is 3.89. The van der Waals surface area contributed by atoms with Gasteiger partial charge in [0.15, 0.2) is 10.7 Å². The average Bonchev–Trinajstić information content (AvgIpc) is 2.95. The Hall–Kier alpha value is -1.88. The zero-order valence-electron chi connectivity index (χ0n) is 9.54. The summed E-state index contributed by atoms with van der Waals surface area (Å²) in [6.07, 6.45) is 1.80. The monoisotopic (exact) mass is 245 g/mol. The van der Waals surface area contributed by atoms with E-state index in [4.69, 9.17) is 4.42 Å².